The smallest absolute Gasteiger partial charge is 0.338 e. The van der Waals surface area contributed by atoms with Crippen LogP contribution in [0.2, 0.25) is 0 Å². The van der Waals surface area contributed by atoms with Gasteiger partial charge in [-0.1, -0.05) is 36.9 Å². The fraction of sp³-hybridized carbons (Fsp3) is 0.308. The number of allylic oxidation sites excluding steroid dienone is 1. The summed E-state index contributed by atoms with van der Waals surface area (Å²) in [6.45, 7) is 2.26. The van der Waals surface area contributed by atoms with E-state index in [0.717, 1.165) is 5.69 Å². The maximum atomic E-state index is 13.1. The molecule has 4 rings (SSSR count). The van der Waals surface area contributed by atoms with E-state index in [0.29, 0.717) is 52.2 Å². The summed E-state index contributed by atoms with van der Waals surface area (Å²) in [4.78, 5) is 36.9. The van der Waals surface area contributed by atoms with E-state index in [9.17, 15) is 9.59 Å². The zero-order chi connectivity index (χ0) is 25.7. The summed E-state index contributed by atoms with van der Waals surface area (Å²) in [5.74, 6) is 0.376. The second kappa shape index (κ2) is 11.3. The normalized spacial score (nSPS) is 16.7. The molecule has 0 fully saturated rings. The summed E-state index contributed by atoms with van der Waals surface area (Å²) in [7, 11) is 4.47. The number of nitrogens with zero attached hydrogens (tertiary/aromatic N) is 3. The van der Waals surface area contributed by atoms with Crippen molar-refractivity contribution in [3.8, 4) is 11.5 Å². The molecule has 0 bridgehead atoms. The fourth-order valence-corrected chi connectivity index (χ4v) is 5.19. The number of thioether (sulfide) groups is 1. The van der Waals surface area contributed by atoms with Crippen LogP contribution in [0.4, 0.5) is 0 Å². The van der Waals surface area contributed by atoms with Gasteiger partial charge >= 0.3 is 5.97 Å². The van der Waals surface area contributed by atoms with Crippen LogP contribution in [0.1, 0.15) is 37.1 Å². The number of esters is 1. The minimum Gasteiger partial charge on any atom is -0.493 e. The maximum absolute atomic E-state index is 13.1. The first kappa shape index (κ1) is 25.3. The number of hydrogen-bond acceptors (Lipinski definition) is 9. The van der Waals surface area contributed by atoms with Crippen LogP contribution >= 0.6 is 11.8 Å². The number of rotatable bonds is 9. The molecule has 10 heteroatoms. The van der Waals surface area contributed by atoms with Crippen molar-refractivity contribution in [2.24, 2.45) is 4.99 Å². The number of nitrogens with one attached hydrogen (secondary N) is 1. The van der Waals surface area contributed by atoms with Crippen molar-refractivity contribution in [3.63, 3.8) is 0 Å². The molecule has 2 aliphatic heterocycles. The molecule has 1 aromatic carbocycles. The van der Waals surface area contributed by atoms with E-state index in [1.165, 1.54) is 18.9 Å². The topological polar surface area (TPSA) is 102 Å². The molecule has 0 spiro atoms. The molecular weight excluding hydrogens is 480 g/mol. The van der Waals surface area contributed by atoms with Gasteiger partial charge in [-0.25, -0.2) is 9.79 Å². The molecule has 1 N–H and O–H groups in total. The van der Waals surface area contributed by atoms with Crippen LogP contribution in [0.25, 0.3) is 0 Å². The van der Waals surface area contributed by atoms with Crippen molar-refractivity contribution in [2.75, 3.05) is 21.3 Å². The molecule has 0 unspecified atom stereocenters. The number of amides is 1. The second-order valence-corrected chi connectivity index (χ2v) is 8.79. The van der Waals surface area contributed by atoms with E-state index >= 15 is 0 Å². The van der Waals surface area contributed by atoms with E-state index in [1.54, 1.807) is 26.5 Å². The number of benzene rings is 1. The van der Waals surface area contributed by atoms with Gasteiger partial charge in [-0.15, -0.1) is 0 Å². The van der Waals surface area contributed by atoms with Gasteiger partial charge in [-0.2, -0.15) is 0 Å². The molecule has 1 atom stereocenters. The average molecular weight is 509 g/mol. The van der Waals surface area contributed by atoms with E-state index in [1.807, 2.05) is 47.6 Å². The lowest BCUT2D eigenvalue weighted by Crippen LogP contribution is -2.38. The highest BCUT2D eigenvalue weighted by Gasteiger charge is 2.43. The fourth-order valence-electron chi connectivity index (χ4n) is 4.25. The van der Waals surface area contributed by atoms with Crippen LogP contribution in [0.5, 0.6) is 11.5 Å². The Bertz CT molecular complexity index is 1240. The van der Waals surface area contributed by atoms with Gasteiger partial charge in [0.15, 0.2) is 16.7 Å². The molecule has 0 radical (unpaired) electrons. The zero-order valence-electron chi connectivity index (χ0n) is 20.6. The molecule has 2 aliphatic rings. The first-order valence-corrected chi connectivity index (χ1v) is 12.3. The minimum absolute atomic E-state index is 0.0948. The van der Waals surface area contributed by atoms with E-state index in [4.69, 9.17) is 19.2 Å². The molecule has 3 heterocycles. The molecule has 0 saturated carbocycles. The monoisotopic (exact) mass is 508 g/mol. The van der Waals surface area contributed by atoms with Crippen LogP contribution in [0.15, 0.2) is 70.0 Å². The average Bonchev–Trinajstić information content (AvgIpc) is 3.32. The lowest BCUT2D eigenvalue weighted by Gasteiger charge is -2.37. The largest absolute Gasteiger partial charge is 0.493 e. The van der Waals surface area contributed by atoms with Crippen molar-refractivity contribution in [3.05, 3.63) is 76.2 Å². The molecule has 0 saturated heterocycles. The highest BCUT2D eigenvalue weighted by Crippen LogP contribution is 2.49. The van der Waals surface area contributed by atoms with Crippen LogP contribution in [0, 0.1) is 0 Å². The SMILES string of the molecule is CCC1=C(C(=O)OC)[C@@H](c2cccc(OC)c2OC)N2C(CC(=O)NCc3ccccn3)=CSC2=N1. The number of carbonyl (C=O) groups excluding carboxylic acids is 2. The van der Waals surface area contributed by atoms with Crippen molar-refractivity contribution >= 4 is 28.8 Å². The zero-order valence-corrected chi connectivity index (χ0v) is 21.4. The lowest BCUT2D eigenvalue weighted by molar-refractivity contribution is -0.136. The molecule has 9 nitrogen and oxygen atoms in total. The summed E-state index contributed by atoms with van der Waals surface area (Å²) in [6.07, 6.45) is 2.31. The van der Waals surface area contributed by atoms with Crippen LogP contribution in [0.3, 0.4) is 0 Å². The Morgan fingerprint density at radius 1 is 1.11 bits per heavy atom. The van der Waals surface area contributed by atoms with Crippen LogP contribution < -0.4 is 14.8 Å². The number of carbonyl (C=O) groups is 2. The standard InChI is InChI=1S/C26H28N4O5S/c1-5-19-22(25(32)35-4)23(18-10-8-11-20(33-2)24(18)34-3)30-17(15-36-26(30)29-19)13-21(31)28-14-16-9-6-7-12-27-16/h6-12,15,23H,5,13-14H2,1-4H3,(H,28,31)/t23-/m1/s1. The van der Waals surface area contributed by atoms with Gasteiger partial charge in [0.1, 0.15) is 0 Å². The molecule has 36 heavy (non-hydrogen) atoms. The number of hydrogen-bond donors (Lipinski definition) is 1. The number of methoxy groups -OCH3 is 3. The van der Waals surface area contributed by atoms with E-state index < -0.39 is 12.0 Å². The molecule has 2 aromatic rings. The van der Waals surface area contributed by atoms with Gasteiger partial charge in [0.25, 0.3) is 0 Å². The Morgan fingerprint density at radius 3 is 2.61 bits per heavy atom. The molecule has 188 valence electrons. The Kier molecular flexibility index (Phi) is 7.94. The summed E-state index contributed by atoms with van der Waals surface area (Å²) < 4.78 is 16.4. The highest BCUT2D eigenvalue weighted by atomic mass is 32.2. The van der Waals surface area contributed by atoms with Crippen LogP contribution in [-0.4, -0.2) is 48.3 Å². The Morgan fingerprint density at radius 2 is 1.94 bits per heavy atom. The van der Waals surface area contributed by atoms with Gasteiger partial charge in [0.2, 0.25) is 5.91 Å². The van der Waals surface area contributed by atoms with E-state index in [-0.39, 0.29) is 12.3 Å². The predicted molar refractivity (Wildman–Crippen MR) is 137 cm³/mol. The van der Waals surface area contributed by atoms with Crippen molar-refractivity contribution < 1.29 is 23.8 Å². The van der Waals surface area contributed by atoms with Crippen molar-refractivity contribution in [1.82, 2.24) is 15.2 Å². The summed E-state index contributed by atoms with van der Waals surface area (Å²) in [5.41, 5.74) is 3.22. The van der Waals surface area contributed by atoms with Gasteiger partial charge in [0, 0.05) is 17.5 Å². The number of ether oxygens (including phenoxy) is 3. The predicted octanol–water partition coefficient (Wildman–Crippen LogP) is 3.94. The highest BCUT2D eigenvalue weighted by molar-refractivity contribution is 8.16. The lowest BCUT2D eigenvalue weighted by atomic mass is 9.92. The first-order chi connectivity index (χ1) is 17.5. The summed E-state index contributed by atoms with van der Waals surface area (Å²) in [6, 6.07) is 10.5. The summed E-state index contributed by atoms with van der Waals surface area (Å²) in [5, 5.41) is 5.49. The Balaban J connectivity index is 1.71. The number of fused-ring (bicyclic) bond motifs is 1. The van der Waals surface area contributed by atoms with Gasteiger partial charge < -0.3 is 24.4 Å². The Labute approximate surface area is 214 Å². The van der Waals surface area contributed by atoms with Gasteiger partial charge in [-0.05, 0) is 30.0 Å². The third kappa shape index (κ3) is 4.94. The minimum atomic E-state index is -0.616. The van der Waals surface area contributed by atoms with E-state index in [2.05, 4.69) is 10.3 Å². The number of aliphatic imine (C=N–C) groups is 1. The third-order valence-electron chi connectivity index (χ3n) is 5.89. The van der Waals surface area contributed by atoms with Gasteiger partial charge in [-0.3, -0.25) is 9.78 Å². The molecule has 1 aromatic heterocycles. The number of amidine groups is 1. The maximum Gasteiger partial charge on any atom is 0.338 e. The second-order valence-electron chi connectivity index (χ2n) is 7.96. The summed E-state index contributed by atoms with van der Waals surface area (Å²) >= 11 is 1.42. The van der Waals surface area contributed by atoms with Gasteiger partial charge in [0.05, 0.1) is 57.3 Å². The number of aromatic nitrogens is 1. The first-order valence-electron chi connectivity index (χ1n) is 11.4. The Hall–Kier alpha value is -3.79. The van der Waals surface area contributed by atoms with Crippen LogP contribution in [-0.2, 0) is 20.9 Å². The van der Waals surface area contributed by atoms with Crippen molar-refractivity contribution in [2.45, 2.75) is 32.4 Å². The third-order valence-corrected chi connectivity index (χ3v) is 6.78. The number of para-hydroxylation sites is 1. The number of pyridine rings is 1. The molecule has 0 aliphatic carbocycles. The molecular formula is C26H28N4O5S. The quantitative estimate of drug-likeness (QED) is 0.508. The molecule has 1 amide bonds. The van der Waals surface area contributed by atoms with Crippen molar-refractivity contribution in [1.29, 1.82) is 0 Å².